The summed E-state index contributed by atoms with van der Waals surface area (Å²) in [6.45, 7) is 4.88. The summed E-state index contributed by atoms with van der Waals surface area (Å²) in [5, 5.41) is 0. The zero-order valence-corrected chi connectivity index (χ0v) is 13.2. The Balaban J connectivity index is 1.70. The van der Waals surface area contributed by atoms with Gasteiger partial charge in [0.15, 0.2) is 0 Å². The van der Waals surface area contributed by atoms with Crippen molar-refractivity contribution in [3.05, 3.63) is 0 Å². The molecule has 118 valence electrons. The van der Waals surface area contributed by atoms with Crippen LogP contribution in [0.2, 0.25) is 0 Å². The SMILES string of the molecule is CCCCCCCC(N)C1CCOC2(CCOCC2)C1. The van der Waals surface area contributed by atoms with Crippen molar-refractivity contribution in [3.63, 3.8) is 0 Å². The van der Waals surface area contributed by atoms with Gasteiger partial charge in [-0.15, -0.1) is 0 Å². The Morgan fingerprint density at radius 1 is 1.10 bits per heavy atom. The number of unbranched alkanes of at least 4 members (excludes halogenated alkanes) is 4. The van der Waals surface area contributed by atoms with Crippen molar-refractivity contribution < 1.29 is 9.47 Å². The van der Waals surface area contributed by atoms with E-state index in [1.165, 1.54) is 38.5 Å². The molecule has 2 heterocycles. The number of rotatable bonds is 7. The lowest BCUT2D eigenvalue weighted by Crippen LogP contribution is -2.48. The summed E-state index contributed by atoms with van der Waals surface area (Å²) >= 11 is 0. The van der Waals surface area contributed by atoms with Gasteiger partial charge in [0.2, 0.25) is 0 Å². The third kappa shape index (κ3) is 4.71. The van der Waals surface area contributed by atoms with Crippen molar-refractivity contribution >= 4 is 0 Å². The Bertz CT molecular complexity index is 258. The molecule has 2 aliphatic rings. The Morgan fingerprint density at radius 3 is 2.60 bits per heavy atom. The number of nitrogens with two attached hydrogens (primary N) is 1. The van der Waals surface area contributed by atoms with Crippen LogP contribution >= 0.6 is 0 Å². The molecule has 0 radical (unpaired) electrons. The highest BCUT2D eigenvalue weighted by molar-refractivity contribution is 4.91. The zero-order valence-electron chi connectivity index (χ0n) is 13.2. The fourth-order valence-electron chi connectivity index (χ4n) is 3.74. The minimum Gasteiger partial charge on any atom is -0.381 e. The molecule has 0 bridgehead atoms. The molecule has 0 saturated carbocycles. The molecule has 1 spiro atoms. The van der Waals surface area contributed by atoms with Crippen LogP contribution in [0.25, 0.3) is 0 Å². The first-order valence-corrected chi connectivity index (χ1v) is 8.73. The molecular weight excluding hydrogens is 250 g/mol. The molecule has 0 aromatic carbocycles. The van der Waals surface area contributed by atoms with Gasteiger partial charge >= 0.3 is 0 Å². The molecule has 3 heteroatoms. The smallest absolute Gasteiger partial charge is 0.0729 e. The van der Waals surface area contributed by atoms with E-state index in [0.717, 1.165) is 45.5 Å². The summed E-state index contributed by atoms with van der Waals surface area (Å²) in [6.07, 6.45) is 12.3. The molecule has 2 fully saturated rings. The van der Waals surface area contributed by atoms with Crippen LogP contribution in [0.4, 0.5) is 0 Å². The van der Waals surface area contributed by atoms with Crippen LogP contribution in [-0.2, 0) is 9.47 Å². The highest BCUT2D eigenvalue weighted by Crippen LogP contribution is 2.38. The molecular formula is C17H33NO2. The van der Waals surface area contributed by atoms with Crippen LogP contribution in [0.15, 0.2) is 0 Å². The molecule has 2 aliphatic heterocycles. The Morgan fingerprint density at radius 2 is 1.85 bits per heavy atom. The Hall–Kier alpha value is -0.120. The minimum atomic E-state index is 0.0982. The summed E-state index contributed by atoms with van der Waals surface area (Å²) in [5.41, 5.74) is 6.56. The van der Waals surface area contributed by atoms with Crippen LogP contribution in [0, 0.1) is 5.92 Å². The maximum Gasteiger partial charge on any atom is 0.0729 e. The lowest BCUT2D eigenvalue weighted by molar-refractivity contribution is -0.149. The molecule has 3 nitrogen and oxygen atoms in total. The highest BCUT2D eigenvalue weighted by Gasteiger charge is 2.40. The maximum atomic E-state index is 6.47. The van der Waals surface area contributed by atoms with Gasteiger partial charge < -0.3 is 15.2 Å². The number of hydrogen-bond donors (Lipinski definition) is 1. The number of ether oxygens (including phenoxy) is 2. The molecule has 2 rings (SSSR count). The molecule has 2 N–H and O–H groups in total. The first-order chi connectivity index (χ1) is 9.76. The molecule has 0 aromatic rings. The van der Waals surface area contributed by atoms with Crippen LogP contribution in [0.1, 0.15) is 71.1 Å². The molecule has 0 aromatic heterocycles. The zero-order chi connectivity index (χ0) is 14.3. The van der Waals surface area contributed by atoms with Gasteiger partial charge in [0.05, 0.1) is 5.60 Å². The van der Waals surface area contributed by atoms with Crippen molar-refractivity contribution in [2.75, 3.05) is 19.8 Å². The van der Waals surface area contributed by atoms with Crippen molar-refractivity contribution in [1.29, 1.82) is 0 Å². The average molecular weight is 283 g/mol. The predicted octanol–water partition coefficient (Wildman–Crippen LogP) is 3.65. The lowest BCUT2D eigenvalue weighted by atomic mass is 9.77. The van der Waals surface area contributed by atoms with Gasteiger partial charge in [0.1, 0.15) is 0 Å². The van der Waals surface area contributed by atoms with Crippen LogP contribution in [0.3, 0.4) is 0 Å². The summed E-state index contributed by atoms with van der Waals surface area (Å²) < 4.78 is 11.6. The van der Waals surface area contributed by atoms with Gasteiger partial charge in [-0.2, -0.15) is 0 Å². The predicted molar refractivity (Wildman–Crippen MR) is 82.8 cm³/mol. The third-order valence-corrected chi connectivity index (χ3v) is 5.18. The number of hydrogen-bond acceptors (Lipinski definition) is 3. The second-order valence-electron chi connectivity index (χ2n) is 6.76. The van der Waals surface area contributed by atoms with Gasteiger partial charge in [0, 0.05) is 25.9 Å². The van der Waals surface area contributed by atoms with E-state index in [9.17, 15) is 0 Å². The van der Waals surface area contributed by atoms with Crippen LogP contribution in [-0.4, -0.2) is 31.5 Å². The van der Waals surface area contributed by atoms with Gasteiger partial charge in [-0.1, -0.05) is 39.0 Å². The summed E-state index contributed by atoms with van der Waals surface area (Å²) in [6, 6.07) is 0.375. The summed E-state index contributed by atoms with van der Waals surface area (Å²) in [4.78, 5) is 0. The molecule has 0 aliphatic carbocycles. The third-order valence-electron chi connectivity index (χ3n) is 5.18. The average Bonchev–Trinajstić information content (AvgIpc) is 2.48. The van der Waals surface area contributed by atoms with Gasteiger partial charge in [-0.3, -0.25) is 0 Å². The highest BCUT2D eigenvalue weighted by atomic mass is 16.5. The largest absolute Gasteiger partial charge is 0.381 e. The Kier molecular flexibility index (Phi) is 6.79. The van der Waals surface area contributed by atoms with E-state index in [-0.39, 0.29) is 5.60 Å². The van der Waals surface area contributed by atoms with Crippen molar-refractivity contribution in [3.8, 4) is 0 Å². The van der Waals surface area contributed by atoms with E-state index >= 15 is 0 Å². The second kappa shape index (κ2) is 8.35. The van der Waals surface area contributed by atoms with E-state index < -0.39 is 0 Å². The molecule has 2 unspecified atom stereocenters. The van der Waals surface area contributed by atoms with Gasteiger partial charge in [-0.25, -0.2) is 0 Å². The van der Waals surface area contributed by atoms with Crippen LogP contribution < -0.4 is 5.73 Å². The lowest BCUT2D eigenvalue weighted by Gasteiger charge is -2.44. The van der Waals surface area contributed by atoms with E-state index in [1.54, 1.807) is 0 Å². The first kappa shape index (κ1) is 16.3. The molecule has 20 heavy (non-hydrogen) atoms. The maximum absolute atomic E-state index is 6.47. The first-order valence-electron chi connectivity index (χ1n) is 8.73. The van der Waals surface area contributed by atoms with Gasteiger partial charge in [-0.05, 0) is 38.0 Å². The van der Waals surface area contributed by atoms with Gasteiger partial charge in [0.25, 0.3) is 0 Å². The fraction of sp³-hybridized carbons (Fsp3) is 1.00. The van der Waals surface area contributed by atoms with E-state index in [1.807, 2.05) is 0 Å². The van der Waals surface area contributed by atoms with Crippen molar-refractivity contribution in [2.45, 2.75) is 82.8 Å². The second-order valence-corrected chi connectivity index (χ2v) is 6.76. The van der Waals surface area contributed by atoms with Crippen LogP contribution in [0.5, 0.6) is 0 Å². The quantitative estimate of drug-likeness (QED) is 0.725. The fourth-order valence-corrected chi connectivity index (χ4v) is 3.74. The van der Waals surface area contributed by atoms with E-state index in [2.05, 4.69) is 6.92 Å². The topological polar surface area (TPSA) is 44.5 Å². The molecule has 0 amide bonds. The minimum absolute atomic E-state index is 0.0982. The van der Waals surface area contributed by atoms with Crippen molar-refractivity contribution in [1.82, 2.24) is 0 Å². The monoisotopic (exact) mass is 283 g/mol. The summed E-state index contributed by atoms with van der Waals surface area (Å²) in [5.74, 6) is 0.660. The molecule has 2 saturated heterocycles. The molecule has 2 atom stereocenters. The Labute approximate surface area is 124 Å². The normalized spacial score (nSPS) is 27.6. The van der Waals surface area contributed by atoms with E-state index in [0.29, 0.717) is 12.0 Å². The van der Waals surface area contributed by atoms with Crippen molar-refractivity contribution in [2.24, 2.45) is 11.7 Å². The summed E-state index contributed by atoms with van der Waals surface area (Å²) in [7, 11) is 0. The van der Waals surface area contributed by atoms with E-state index in [4.69, 9.17) is 15.2 Å². The standard InChI is InChI=1S/C17H33NO2/c1-2-3-4-5-6-7-16(18)15-8-11-20-17(14-15)9-12-19-13-10-17/h15-16H,2-14,18H2,1H3.